The Balaban J connectivity index is 1.33. The summed E-state index contributed by atoms with van der Waals surface area (Å²) in [6.45, 7) is 15.5. The minimum atomic E-state index is -2.55. The average Bonchev–Trinajstić information content (AvgIpc) is 3.15. The van der Waals surface area contributed by atoms with Crippen LogP contribution in [0.25, 0.3) is 0 Å². The highest BCUT2D eigenvalue weighted by Crippen LogP contribution is 2.36. The molecule has 0 aliphatic carbocycles. The third kappa shape index (κ3) is 21.1. The third-order valence-electron chi connectivity index (χ3n) is 7.92. The zero-order valence-electron chi connectivity index (χ0n) is 32.1. The number of carbonyl (C=O) groups is 2. The summed E-state index contributed by atoms with van der Waals surface area (Å²) < 4.78 is 51.3. The third-order valence-corrected chi connectivity index (χ3v) is 13.0. The SMILES string of the molecule is CC(C)(C)[Si](OCCOCCOCCOCCOCCOCCOCCOCCOCCCNC(=O)CCC(=O)O)(c1ccccc1)c1ccccc1. The summed E-state index contributed by atoms with van der Waals surface area (Å²) in [4.78, 5) is 21.8. The van der Waals surface area contributed by atoms with Crippen LogP contribution in [0.1, 0.15) is 40.0 Å². The van der Waals surface area contributed by atoms with Gasteiger partial charge in [0.25, 0.3) is 8.32 Å². The van der Waals surface area contributed by atoms with Gasteiger partial charge in [0.1, 0.15) is 0 Å². The van der Waals surface area contributed by atoms with E-state index < -0.39 is 14.3 Å². The Kier molecular flexibility index (Phi) is 25.9. The Hall–Kier alpha value is -2.76. The van der Waals surface area contributed by atoms with Crippen LogP contribution < -0.4 is 15.7 Å². The van der Waals surface area contributed by atoms with Crippen molar-refractivity contribution in [2.45, 2.75) is 45.1 Å². The van der Waals surface area contributed by atoms with E-state index in [1.807, 2.05) is 12.1 Å². The van der Waals surface area contributed by atoms with Gasteiger partial charge in [-0.25, -0.2) is 0 Å². The first-order valence-corrected chi connectivity index (χ1v) is 20.5. The maximum atomic E-state index is 11.4. The minimum absolute atomic E-state index is 0.0101. The Labute approximate surface area is 317 Å². The van der Waals surface area contributed by atoms with Crippen molar-refractivity contribution in [2.75, 3.05) is 119 Å². The molecule has 13 nitrogen and oxygen atoms in total. The van der Waals surface area contributed by atoms with Gasteiger partial charge in [0, 0.05) is 19.6 Å². The molecule has 0 aromatic heterocycles. The molecule has 0 spiro atoms. The van der Waals surface area contributed by atoms with Gasteiger partial charge in [-0.2, -0.15) is 0 Å². The standard InChI is InChI=1S/C39H63NO12Si/c1-39(2,3)53(35-11-6-4-7-12-35,36-13-8-5-9-14-36)52-34-33-51-32-31-50-30-29-49-28-27-48-26-25-47-24-23-46-22-21-45-20-19-44-18-10-17-40-37(41)15-16-38(42)43/h4-9,11-14H,10,15-34H2,1-3H3,(H,40,41)(H,42,43). The molecule has 0 heterocycles. The normalized spacial score (nSPS) is 11.9. The van der Waals surface area contributed by atoms with Crippen molar-refractivity contribution in [2.24, 2.45) is 0 Å². The van der Waals surface area contributed by atoms with Gasteiger partial charge in [-0.05, 0) is 21.8 Å². The van der Waals surface area contributed by atoms with Gasteiger partial charge >= 0.3 is 5.97 Å². The number of carboxylic acid groups (broad SMARTS) is 1. The fraction of sp³-hybridized carbons (Fsp3) is 0.641. The molecule has 0 unspecified atom stereocenters. The van der Waals surface area contributed by atoms with Gasteiger partial charge in [-0.15, -0.1) is 0 Å². The number of rotatable bonds is 34. The average molecular weight is 766 g/mol. The van der Waals surface area contributed by atoms with Crippen LogP contribution in [0.3, 0.4) is 0 Å². The molecule has 14 heteroatoms. The molecule has 300 valence electrons. The van der Waals surface area contributed by atoms with Crippen molar-refractivity contribution >= 4 is 30.6 Å². The van der Waals surface area contributed by atoms with Crippen LogP contribution in [0.2, 0.25) is 5.04 Å². The van der Waals surface area contributed by atoms with Crippen LogP contribution >= 0.6 is 0 Å². The number of amides is 1. The van der Waals surface area contributed by atoms with Gasteiger partial charge in [-0.3, -0.25) is 9.59 Å². The Morgan fingerprint density at radius 1 is 0.528 bits per heavy atom. The predicted molar refractivity (Wildman–Crippen MR) is 205 cm³/mol. The monoisotopic (exact) mass is 765 g/mol. The van der Waals surface area contributed by atoms with Crippen molar-refractivity contribution in [1.29, 1.82) is 0 Å². The van der Waals surface area contributed by atoms with Crippen molar-refractivity contribution in [3.63, 3.8) is 0 Å². The number of aliphatic carboxylic acids is 1. The predicted octanol–water partition coefficient (Wildman–Crippen LogP) is 3.07. The maximum Gasteiger partial charge on any atom is 0.303 e. The molecule has 0 saturated carbocycles. The summed E-state index contributed by atoms with van der Waals surface area (Å²) in [6, 6.07) is 21.2. The zero-order valence-corrected chi connectivity index (χ0v) is 33.1. The first-order chi connectivity index (χ1) is 25.8. The maximum absolute atomic E-state index is 11.4. The molecule has 0 saturated heterocycles. The molecule has 0 radical (unpaired) electrons. The number of hydrogen-bond acceptors (Lipinski definition) is 11. The van der Waals surface area contributed by atoms with E-state index in [2.05, 4.69) is 74.6 Å². The van der Waals surface area contributed by atoms with Crippen LogP contribution in [0, 0.1) is 0 Å². The second kappa shape index (κ2) is 29.6. The Morgan fingerprint density at radius 3 is 1.21 bits per heavy atom. The van der Waals surface area contributed by atoms with Crippen molar-refractivity contribution in [3.8, 4) is 0 Å². The number of carbonyl (C=O) groups excluding carboxylic acids is 1. The zero-order chi connectivity index (χ0) is 38.3. The van der Waals surface area contributed by atoms with E-state index in [1.54, 1.807) is 0 Å². The summed E-state index contributed by atoms with van der Waals surface area (Å²) in [5.74, 6) is -1.25. The van der Waals surface area contributed by atoms with Gasteiger partial charge in [0.15, 0.2) is 0 Å². The Morgan fingerprint density at radius 2 is 0.868 bits per heavy atom. The van der Waals surface area contributed by atoms with Crippen LogP contribution in [0.15, 0.2) is 60.7 Å². The van der Waals surface area contributed by atoms with E-state index in [4.69, 9.17) is 47.4 Å². The van der Waals surface area contributed by atoms with Crippen molar-refractivity contribution < 1.29 is 57.0 Å². The summed E-state index contributed by atoms with van der Waals surface area (Å²) in [7, 11) is -2.55. The highest BCUT2D eigenvalue weighted by Gasteiger charge is 2.50. The minimum Gasteiger partial charge on any atom is -0.481 e. The van der Waals surface area contributed by atoms with Crippen molar-refractivity contribution in [1.82, 2.24) is 5.32 Å². The Bertz CT molecular complexity index is 1150. The second-order valence-electron chi connectivity index (χ2n) is 13.0. The second-order valence-corrected chi connectivity index (χ2v) is 17.3. The fourth-order valence-corrected chi connectivity index (χ4v) is 9.91. The quantitative estimate of drug-likeness (QED) is 0.0797. The largest absolute Gasteiger partial charge is 0.481 e. The van der Waals surface area contributed by atoms with Gasteiger partial charge in [0.2, 0.25) is 5.91 Å². The van der Waals surface area contributed by atoms with Crippen LogP contribution in [0.5, 0.6) is 0 Å². The lowest BCUT2D eigenvalue weighted by molar-refractivity contribution is -0.138. The van der Waals surface area contributed by atoms with E-state index in [9.17, 15) is 9.59 Å². The molecular formula is C39H63NO12Si. The van der Waals surface area contributed by atoms with E-state index >= 15 is 0 Å². The smallest absolute Gasteiger partial charge is 0.303 e. The molecule has 2 N–H and O–H groups in total. The first-order valence-electron chi connectivity index (χ1n) is 18.6. The van der Waals surface area contributed by atoms with Crippen molar-refractivity contribution in [3.05, 3.63) is 60.7 Å². The lowest BCUT2D eigenvalue weighted by Crippen LogP contribution is -2.66. The molecule has 0 fully saturated rings. The summed E-state index contributed by atoms with van der Waals surface area (Å²) in [5, 5.41) is 13.7. The first kappa shape index (κ1) is 46.4. The highest BCUT2D eigenvalue weighted by atomic mass is 28.4. The molecule has 53 heavy (non-hydrogen) atoms. The summed E-state index contributed by atoms with van der Waals surface area (Å²) in [5.41, 5.74) is 0. The summed E-state index contributed by atoms with van der Waals surface area (Å²) >= 11 is 0. The molecule has 1 amide bonds. The molecular weight excluding hydrogens is 703 g/mol. The molecule has 2 rings (SSSR count). The van der Waals surface area contributed by atoms with Crippen LogP contribution in [0.4, 0.5) is 0 Å². The van der Waals surface area contributed by atoms with E-state index in [1.165, 1.54) is 10.4 Å². The van der Waals surface area contributed by atoms with E-state index in [-0.39, 0.29) is 23.8 Å². The molecule has 0 atom stereocenters. The highest BCUT2D eigenvalue weighted by molar-refractivity contribution is 6.99. The molecule has 0 aliphatic heterocycles. The number of nitrogens with one attached hydrogen (secondary N) is 1. The number of hydrogen-bond donors (Lipinski definition) is 2. The summed E-state index contributed by atoms with van der Waals surface area (Å²) in [6.07, 6.45) is 0.478. The van der Waals surface area contributed by atoms with Crippen LogP contribution in [-0.4, -0.2) is 144 Å². The number of ether oxygens (including phenoxy) is 8. The molecule has 0 aliphatic rings. The topological polar surface area (TPSA) is 149 Å². The number of carboxylic acids is 1. The molecule has 0 bridgehead atoms. The van der Waals surface area contributed by atoms with Crippen LogP contribution in [-0.2, 0) is 51.9 Å². The van der Waals surface area contributed by atoms with E-state index in [0.29, 0.717) is 125 Å². The lowest BCUT2D eigenvalue weighted by atomic mass is 10.2. The fourth-order valence-electron chi connectivity index (χ4n) is 5.37. The lowest BCUT2D eigenvalue weighted by Gasteiger charge is -2.43. The van der Waals surface area contributed by atoms with Gasteiger partial charge in [0.05, 0.1) is 112 Å². The molecule has 2 aromatic rings. The molecule has 2 aromatic carbocycles. The van der Waals surface area contributed by atoms with Gasteiger partial charge in [-0.1, -0.05) is 81.4 Å². The van der Waals surface area contributed by atoms with E-state index in [0.717, 1.165) is 0 Å². The number of benzene rings is 2. The van der Waals surface area contributed by atoms with Gasteiger partial charge < -0.3 is 52.7 Å².